The molecule has 1 saturated heterocycles. The molecule has 6 nitrogen and oxygen atoms in total. The summed E-state index contributed by atoms with van der Waals surface area (Å²) in [6, 6.07) is 14.7. The number of benzene rings is 2. The van der Waals surface area contributed by atoms with E-state index in [1.165, 1.54) is 11.3 Å². The van der Waals surface area contributed by atoms with E-state index in [0.29, 0.717) is 23.7 Å². The maximum Gasteiger partial charge on any atom is 0.254 e. The van der Waals surface area contributed by atoms with Crippen LogP contribution in [-0.4, -0.2) is 39.5 Å². The molecule has 0 radical (unpaired) electrons. The number of hydrogen-bond acceptors (Lipinski definition) is 5. The predicted molar refractivity (Wildman–Crippen MR) is 117 cm³/mol. The lowest BCUT2D eigenvalue weighted by Crippen LogP contribution is -2.43. The number of hydrogen-bond donors (Lipinski definition) is 1. The molecule has 1 N–H and O–H groups in total. The Kier molecular flexibility index (Phi) is 5.73. The Morgan fingerprint density at radius 3 is 2.79 bits per heavy atom. The SMILES string of the molecule is Cc1cccc(-c2nnc(NC(=O)C3CCCN3C(=O)c3cccc(Br)c3)s2)c1. The largest absolute Gasteiger partial charge is 0.327 e. The zero-order valence-corrected chi connectivity index (χ0v) is 18.2. The third kappa shape index (κ3) is 4.38. The van der Waals surface area contributed by atoms with Gasteiger partial charge in [-0.2, -0.15) is 0 Å². The number of aromatic nitrogens is 2. The molecule has 0 aliphatic carbocycles. The second kappa shape index (κ2) is 8.42. The second-order valence-electron chi connectivity index (χ2n) is 6.94. The van der Waals surface area contributed by atoms with Crippen LogP contribution in [0, 0.1) is 6.92 Å². The van der Waals surface area contributed by atoms with E-state index >= 15 is 0 Å². The fraction of sp³-hybridized carbons (Fsp3) is 0.238. The number of carbonyl (C=O) groups excluding carboxylic acids is 2. The Hall–Kier alpha value is -2.58. The topological polar surface area (TPSA) is 75.2 Å². The summed E-state index contributed by atoms with van der Waals surface area (Å²) in [6.45, 7) is 2.58. The van der Waals surface area contributed by atoms with Crippen molar-refractivity contribution in [2.45, 2.75) is 25.8 Å². The van der Waals surface area contributed by atoms with Crippen LogP contribution in [-0.2, 0) is 4.79 Å². The molecule has 1 aliphatic heterocycles. The first-order valence-corrected chi connectivity index (χ1v) is 10.9. The van der Waals surface area contributed by atoms with Crippen LogP contribution < -0.4 is 5.32 Å². The molecule has 29 heavy (non-hydrogen) atoms. The first-order chi connectivity index (χ1) is 14.0. The van der Waals surface area contributed by atoms with E-state index in [4.69, 9.17) is 0 Å². The standard InChI is InChI=1S/C21H19BrN4O2S/c1-13-5-2-6-14(11-13)19-24-25-21(29-19)23-18(27)17-9-4-10-26(17)20(28)15-7-3-8-16(22)12-15/h2-3,5-8,11-12,17H,4,9-10H2,1H3,(H,23,25,27). The Balaban J connectivity index is 1.47. The number of nitrogens with one attached hydrogen (secondary N) is 1. The predicted octanol–water partition coefficient (Wildman–Crippen LogP) is 4.52. The van der Waals surface area contributed by atoms with Gasteiger partial charge in [-0.15, -0.1) is 10.2 Å². The molecule has 0 spiro atoms. The average Bonchev–Trinajstić information content (AvgIpc) is 3.37. The molecule has 1 aromatic heterocycles. The lowest BCUT2D eigenvalue weighted by molar-refractivity contribution is -0.119. The zero-order chi connectivity index (χ0) is 20.4. The fourth-order valence-corrected chi connectivity index (χ4v) is 4.57. The van der Waals surface area contributed by atoms with Crippen LogP contribution in [0.1, 0.15) is 28.8 Å². The van der Waals surface area contributed by atoms with Gasteiger partial charge in [0.05, 0.1) is 0 Å². The van der Waals surface area contributed by atoms with Gasteiger partial charge in [-0.3, -0.25) is 14.9 Å². The van der Waals surface area contributed by atoms with Crippen LogP contribution in [0.5, 0.6) is 0 Å². The van der Waals surface area contributed by atoms with Gasteiger partial charge in [-0.25, -0.2) is 0 Å². The molecule has 148 valence electrons. The number of aryl methyl sites for hydroxylation is 1. The summed E-state index contributed by atoms with van der Waals surface area (Å²) in [7, 11) is 0. The number of nitrogens with zero attached hydrogens (tertiary/aromatic N) is 3. The highest BCUT2D eigenvalue weighted by Gasteiger charge is 2.35. The normalized spacial score (nSPS) is 16.1. The fourth-order valence-electron chi connectivity index (χ4n) is 3.43. The van der Waals surface area contributed by atoms with Crippen LogP contribution >= 0.6 is 27.3 Å². The van der Waals surface area contributed by atoms with Gasteiger partial charge in [0.2, 0.25) is 11.0 Å². The maximum atomic E-state index is 12.9. The summed E-state index contributed by atoms with van der Waals surface area (Å²) in [4.78, 5) is 27.4. The number of carbonyl (C=O) groups is 2. The smallest absolute Gasteiger partial charge is 0.254 e. The van der Waals surface area contributed by atoms with Gasteiger partial charge in [0.25, 0.3) is 5.91 Å². The van der Waals surface area contributed by atoms with Crippen molar-refractivity contribution in [2.75, 3.05) is 11.9 Å². The molecule has 2 amide bonds. The Morgan fingerprint density at radius 2 is 2.00 bits per heavy atom. The van der Waals surface area contributed by atoms with Gasteiger partial charge in [-0.05, 0) is 44.0 Å². The highest BCUT2D eigenvalue weighted by molar-refractivity contribution is 9.10. The van der Waals surface area contributed by atoms with Crippen LogP contribution in [0.4, 0.5) is 5.13 Å². The van der Waals surface area contributed by atoms with Crippen LogP contribution in [0.3, 0.4) is 0 Å². The molecule has 2 heterocycles. The molecule has 1 fully saturated rings. The molecule has 4 rings (SSSR count). The number of halogens is 1. The van der Waals surface area contributed by atoms with Gasteiger partial charge >= 0.3 is 0 Å². The molecule has 1 unspecified atom stereocenters. The van der Waals surface area contributed by atoms with Crippen molar-refractivity contribution < 1.29 is 9.59 Å². The van der Waals surface area contributed by atoms with Gasteiger partial charge in [0.15, 0.2) is 0 Å². The van der Waals surface area contributed by atoms with Crippen molar-refractivity contribution in [1.82, 2.24) is 15.1 Å². The van der Waals surface area contributed by atoms with Crippen molar-refractivity contribution in [3.05, 3.63) is 64.1 Å². The lowest BCUT2D eigenvalue weighted by atomic mass is 10.1. The van der Waals surface area contributed by atoms with Crippen LogP contribution in [0.15, 0.2) is 53.0 Å². The van der Waals surface area contributed by atoms with Gasteiger partial charge in [-0.1, -0.05) is 57.1 Å². The Labute approximate surface area is 181 Å². The van der Waals surface area contributed by atoms with Crippen molar-refractivity contribution in [3.8, 4) is 10.6 Å². The van der Waals surface area contributed by atoms with E-state index in [0.717, 1.165) is 27.0 Å². The van der Waals surface area contributed by atoms with Crippen LogP contribution in [0.25, 0.3) is 10.6 Å². The highest BCUT2D eigenvalue weighted by atomic mass is 79.9. The number of likely N-dealkylation sites (tertiary alicyclic amines) is 1. The van der Waals surface area contributed by atoms with E-state index in [9.17, 15) is 9.59 Å². The number of rotatable bonds is 4. The summed E-state index contributed by atoms with van der Waals surface area (Å²) < 4.78 is 0.834. The Morgan fingerprint density at radius 1 is 1.17 bits per heavy atom. The third-order valence-corrected chi connectivity index (χ3v) is 6.19. The molecule has 1 aliphatic rings. The highest BCUT2D eigenvalue weighted by Crippen LogP contribution is 2.28. The van der Waals surface area contributed by atoms with Crippen molar-refractivity contribution in [3.63, 3.8) is 0 Å². The third-order valence-electron chi connectivity index (χ3n) is 4.81. The van der Waals surface area contributed by atoms with E-state index in [1.54, 1.807) is 17.0 Å². The molecule has 3 aromatic rings. The number of anilines is 1. The summed E-state index contributed by atoms with van der Waals surface area (Å²) >= 11 is 4.72. The van der Waals surface area contributed by atoms with Crippen molar-refractivity contribution >= 4 is 44.2 Å². The minimum absolute atomic E-state index is 0.137. The molecule has 8 heteroatoms. The zero-order valence-electron chi connectivity index (χ0n) is 15.8. The summed E-state index contributed by atoms with van der Waals surface area (Å²) in [5.74, 6) is -0.362. The monoisotopic (exact) mass is 470 g/mol. The maximum absolute atomic E-state index is 12.9. The quantitative estimate of drug-likeness (QED) is 0.607. The molecular weight excluding hydrogens is 452 g/mol. The minimum atomic E-state index is -0.507. The van der Waals surface area contributed by atoms with E-state index in [2.05, 4.69) is 31.4 Å². The first-order valence-electron chi connectivity index (χ1n) is 9.29. The molecule has 2 aromatic carbocycles. The number of amides is 2. The molecule has 1 atom stereocenters. The minimum Gasteiger partial charge on any atom is -0.327 e. The summed E-state index contributed by atoms with van der Waals surface area (Å²) in [5, 5.41) is 12.3. The summed E-state index contributed by atoms with van der Waals surface area (Å²) in [5.41, 5.74) is 2.67. The van der Waals surface area contributed by atoms with E-state index in [1.807, 2.05) is 43.3 Å². The first kappa shape index (κ1) is 19.7. The van der Waals surface area contributed by atoms with Crippen molar-refractivity contribution in [2.24, 2.45) is 0 Å². The summed E-state index contributed by atoms with van der Waals surface area (Å²) in [6.07, 6.45) is 1.43. The van der Waals surface area contributed by atoms with Gasteiger partial charge in [0.1, 0.15) is 11.0 Å². The van der Waals surface area contributed by atoms with Crippen LogP contribution in [0.2, 0.25) is 0 Å². The molecule has 0 saturated carbocycles. The lowest BCUT2D eigenvalue weighted by Gasteiger charge is -2.23. The average molecular weight is 471 g/mol. The van der Waals surface area contributed by atoms with E-state index < -0.39 is 6.04 Å². The van der Waals surface area contributed by atoms with Crippen molar-refractivity contribution in [1.29, 1.82) is 0 Å². The second-order valence-corrected chi connectivity index (χ2v) is 8.83. The Bertz CT molecular complexity index is 1070. The van der Waals surface area contributed by atoms with Gasteiger partial charge in [0, 0.05) is 22.1 Å². The molecular formula is C21H19BrN4O2S. The van der Waals surface area contributed by atoms with E-state index in [-0.39, 0.29) is 11.8 Å². The van der Waals surface area contributed by atoms with Gasteiger partial charge < -0.3 is 4.90 Å². The molecule has 0 bridgehead atoms.